The highest BCUT2D eigenvalue weighted by Gasteiger charge is 2.73. The summed E-state index contributed by atoms with van der Waals surface area (Å²) in [4.78, 5) is 30.8. The van der Waals surface area contributed by atoms with Gasteiger partial charge in [-0.05, 0) is 42.2 Å². The number of allylic oxidation sites excluding steroid dienone is 2. The summed E-state index contributed by atoms with van der Waals surface area (Å²) in [5.74, 6) is 0.339. The molecule has 1 spiro atoms. The number of carbonyl (C=O) groups is 2. The Hall–Kier alpha value is -1.97. The van der Waals surface area contributed by atoms with E-state index in [0.717, 1.165) is 0 Å². The van der Waals surface area contributed by atoms with Gasteiger partial charge in [-0.2, -0.15) is 0 Å². The van der Waals surface area contributed by atoms with Crippen molar-refractivity contribution in [1.82, 2.24) is 4.98 Å². The number of carbonyl (C=O) groups excluding carboxylic acids is 2. The lowest BCUT2D eigenvalue weighted by atomic mass is 9.85. The zero-order valence-corrected chi connectivity index (χ0v) is 10.9. The minimum atomic E-state index is -0.117. The number of fused-ring (bicyclic) bond motifs is 3. The molecular weight excluding hydrogens is 252 g/mol. The van der Waals surface area contributed by atoms with Gasteiger partial charge in [-0.15, -0.1) is 0 Å². The number of anilines is 1. The van der Waals surface area contributed by atoms with Gasteiger partial charge >= 0.3 is 0 Å². The number of nitrogens with zero attached hydrogens (tertiary/aromatic N) is 2. The molecule has 0 N–H and O–H groups in total. The lowest BCUT2D eigenvalue weighted by Crippen LogP contribution is -2.34. The molecule has 1 saturated heterocycles. The first-order valence-electron chi connectivity index (χ1n) is 7.20. The second kappa shape index (κ2) is 3.19. The van der Waals surface area contributed by atoms with E-state index < -0.39 is 0 Å². The third-order valence-corrected chi connectivity index (χ3v) is 5.77. The summed E-state index contributed by atoms with van der Waals surface area (Å²) in [6.45, 7) is 0. The maximum Gasteiger partial charge on any atom is 0.238 e. The quantitative estimate of drug-likeness (QED) is 0.575. The van der Waals surface area contributed by atoms with Crippen molar-refractivity contribution in [2.45, 2.75) is 12.8 Å². The first-order chi connectivity index (χ1) is 9.74. The lowest BCUT2D eigenvalue weighted by molar-refractivity contribution is -0.123. The van der Waals surface area contributed by atoms with Crippen LogP contribution in [0.25, 0.3) is 0 Å². The number of hydrogen-bond donors (Lipinski definition) is 0. The first kappa shape index (κ1) is 10.8. The van der Waals surface area contributed by atoms with Crippen LogP contribution in [0.15, 0.2) is 36.7 Å². The van der Waals surface area contributed by atoms with Gasteiger partial charge in [0.2, 0.25) is 11.8 Å². The van der Waals surface area contributed by atoms with Crippen molar-refractivity contribution >= 4 is 17.5 Å². The largest absolute Gasteiger partial charge is 0.274 e. The van der Waals surface area contributed by atoms with Crippen molar-refractivity contribution in [2.24, 2.45) is 29.1 Å². The fourth-order valence-electron chi connectivity index (χ4n) is 4.83. The van der Waals surface area contributed by atoms with E-state index in [9.17, 15) is 9.59 Å². The Morgan fingerprint density at radius 1 is 1.00 bits per heavy atom. The minimum Gasteiger partial charge on any atom is -0.274 e. The van der Waals surface area contributed by atoms with Crippen LogP contribution in [0.3, 0.4) is 0 Å². The van der Waals surface area contributed by atoms with Crippen LogP contribution in [0, 0.1) is 29.1 Å². The van der Waals surface area contributed by atoms with Crippen molar-refractivity contribution in [1.29, 1.82) is 0 Å². The summed E-state index contributed by atoms with van der Waals surface area (Å²) in [5.41, 5.74) is 0.930. The van der Waals surface area contributed by atoms with Crippen LogP contribution in [0.1, 0.15) is 12.8 Å². The number of aromatic nitrogens is 1. The van der Waals surface area contributed by atoms with Gasteiger partial charge in [0.25, 0.3) is 0 Å². The molecule has 4 atom stereocenters. The number of pyridine rings is 1. The molecule has 2 bridgehead atoms. The Balaban J connectivity index is 1.60. The molecule has 3 fully saturated rings. The smallest absolute Gasteiger partial charge is 0.238 e. The second-order valence-corrected chi connectivity index (χ2v) is 6.44. The second-order valence-electron chi connectivity index (χ2n) is 6.44. The zero-order chi connectivity index (χ0) is 13.5. The third-order valence-electron chi connectivity index (χ3n) is 5.77. The molecular formula is C16H14N2O2. The van der Waals surface area contributed by atoms with E-state index in [-0.39, 0.29) is 29.1 Å². The molecule has 0 aromatic carbocycles. The molecule has 4 aliphatic rings. The van der Waals surface area contributed by atoms with E-state index in [1.165, 1.54) is 17.7 Å². The summed E-state index contributed by atoms with van der Waals surface area (Å²) in [7, 11) is 0. The predicted octanol–water partition coefficient (Wildman–Crippen LogP) is 1.78. The van der Waals surface area contributed by atoms with Crippen LogP contribution in [0.4, 0.5) is 5.69 Å². The van der Waals surface area contributed by atoms with E-state index in [4.69, 9.17) is 0 Å². The highest BCUT2D eigenvalue weighted by Crippen LogP contribution is 2.73. The van der Waals surface area contributed by atoms with Crippen molar-refractivity contribution in [3.8, 4) is 0 Å². The molecule has 2 saturated carbocycles. The fourth-order valence-corrected chi connectivity index (χ4v) is 4.83. The molecule has 20 heavy (non-hydrogen) atoms. The monoisotopic (exact) mass is 266 g/mol. The van der Waals surface area contributed by atoms with Gasteiger partial charge in [-0.3, -0.25) is 14.6 Å². The van der Waals surface area contributed by atoms with Crippen molar-refractivity contribution in [2.75, 3.05) is 4.90 Å². The fraction of sp³-hybridized carbons (Fsp3) is 0.438. The zero-order valence-electron chi connectivity index (χ0n) is 10.9. The topological polar surface area (TPSA) is 50.3 Å². The van der Waals surface area contributed by atoms with E-state index in [0.29, 0.717) is 17.5 Å². The lowest BCUT2D eigenvalue weighted by Gasteiger charge is -2.21. The Kier molecular flexibility index (Phi) is 1.72. The van der Waals surface area contributed by atoms with Gasteiger partial charge in [0.05, 0.1) is 17.5 Å². The SMILES string of the molecule is O=C1[C@@H]2[C@H](C(=O)N1c1ccncc1)[C@H]1C=C[C@@H]2C12CC2. The van der Waals surface area contributed by atoms with Gasteiger partial charge in [-0.1, -0.05) is 12.2 Å². The maximum absolute atomic E-state index is 12.8. The van der Waals surface area contributed by atoms with E-state index in [1.54, 1.807) is 24.5 Å². The normalized spacial score (nSPS) is 38.9. The molecule has 1 aromatic heterocycles. The number of amides is 2. The third kappa shape index (κ3) is 1.00. The average Bonchev–Trinajstić information content (AvgIpc) is 3.06. The van der Waals surface area contributed by atoms with E-state index in [2.05, 4.69) is 17.1 Å². The molecule has 2 heterocycles. The van der Waals surface area contributed by atoms with E-state index >= 15 is 0 Å². The molecule has 3 aliphatic carbocycles. The molecule has 4 heteroatoms. The van der Waals surface area contributed by atoms with Gasteiger partial charge in [0.15, 0.2) is 0 Å². The van der Waals surface area contributed by atoms with Gasteiger partial charge in [0, 0.05) is 12.4 Å². The maximum atomic E-state index is 12.8. The van der Waals surface area contributed by atoms with Crippen molar-refractivity contribution in [3.05, 3.63) is 36.7 Å². The van der Waals surface area contributed by atoms with Crippen LogP contribution in [-0.4, -0.2) is 16.8 Å². The summed E-state index contributed by atoms with van der Waals surface area (Å²) < 4.78 is 0. The molecule has 100 valence electrons. The van der Waals surface area contributed by atoms with Crippen LogP contribution < -0.4 is 4.90 Å². The average molecular weight is 266 g/mol. The predicted molar refractivity (Wildman–Crippen MR) is 71.5 cm³/mol. The standard InChI is InChI=1S/C16H14N2O2/c19-14-12-10-1-2-11(16(10)5-6-16)13(12)15(20)18(14)9-3-7-17-8-4-9/h1-4,7-8,10-13H,5-6H2/t10-,11+,12-,13+. The van der Waals surface area contributed by atoms with Crippen LogP contribution in [0.2, 0.25) is 0 Å². The Labute approximate surface area is 116 Å². The van der Waals surface area contributed by atoms with Crippen LogP contribution >= 0.6 is 0 Å². The van der Waals surface area contributed by atoms with Crippen molar-refractivity contribution in [3.63, 3.8) is 0 Å². The Morgan fingerprint density at radius 2 is 1.55 bits per heavy atom. The van der Waals surface area contributed by atoms with Gasteiger partial charge in [0.1, 0.15) is 0 Å². The minimum absolute atomic E-state index is 0.00525. The Morgan fingerprint density at radius 3 is 2.05 bits per heavy atom. The highest BCUT2D eigenvalue weighted by atomic mass is 16.2. The van der Waals surface area contributed by atoms with Crippen molar-refractivity contribution < 1.29 is 9.59 Å². The molecule has 0 unspecified atom stereocenters. The number of hydrogen-bond acceptors (Lipinski definition) is 3. The molecule has 4 nitrogen and oxygen atoms in total. The summed E-state index contributed by atoms with van der Waals surface area (Å²) in [5, 5.41) is 0. The molecule has 0 radical (unpaired) electrons. The van der Waals surface area contributed by atoms with E-state index in [1.807, 2.05) is 0 Å². The van der Waals surface area contributed by atoms with Gasteiger partial charge < -0.3 is 0 Å². The highest BCUT2D eigenvalue weighted by molar-refractivity contribution is 6.23. The summed E-state index contributed by atoms with van der Waals surface area (Å²) in [6.07, 6.45) is 9.99. The number of imide groups is 1. The van der Waals surface area contributed by atoms with Crippen LogP contribution in [0.5, 0.6) is 0 Å². The van der Waals surface area contributed by atoms with Crippen LogP contribution in [-0.2, 0) is 9.59 Å². The molecule has 1 aliphatic heterocycles. The molecule has 5 rings (SSSR count). The van der Waals surface area contributed by atoms with Gasteiger partial charge in [-0.25, -0.2) is 4.90 Å². The summed E-state index contributed by atoms with van der Waals surface area (Å²) >= 11 is 0. The Bertz CT molecular complexity index is 628. The number of rotatable bonds is 1. The summed E-state index contributed by atoms with van der Waals surface area (Å²) in [6, 6.07) is 3.47. The molecule has 1 aromatic rings. The molecule has 2 amide bonds. The first-order valence-corrected chi connectivity index (χ1v) is 7.20.